The van der Waals surface area contributed by atoms with Crippen LogP contribution >= 0.6 is 0 Å². The van der Waals surface area contributed by atoms with Crippen molar-refractivity contribution < 1.29 is 27.5 Å². The normalized spacial score (nSPS) is 11.0. The summed E-state index contributed by atoms with van der Waals surface area (Å²) in [6.45, 7) is -2.10. The smallest absolute Gasteiger partial charge is 0.405 e. The van der Waals surface area contributed by atoms with Crippen molar-refractivity contribution in [2.45, 2.75) is 6.18 Å². The lowest BCUT2D eigenvalue weighted by molar-refractivity contribution is -0.125. The number of rotatable bonds is 5. The van der Waals surface area contributed by atoms with Gasteiger partial charge in [-0.2, -0.15) is 13.2 Å². The fourth-order valence-corrected chi connectivity index (χ4v) is 1.53. The number of halogens is 3. The number of nitrogens with one attached hydrogen (secondary N) is 2. The van der Waals surface area contributed by atoms with Crippen LogP contribution in [0.5, 0.6) is 5.75 Å². The lowest BCUT2D eigenvalue weighted by atomic mass is 10.3. The second-order valence-corrected chi connectivity index (χ2v) is 4.39. The molecule has 0 atom stereocenters. The van der Waals surface area contributed by atoms with Crippen LogP contribution in [-0.2, 0) is 4.79 Å². The van der Waals surface area contributed by atoms with Crippen molar-refractivity contribution in [2.24, 2.45) is 0 Å². The Morgan fingerprint density at radius 1 is 1.29 bits per heavy atom. The molecule has 2 rings (SSSR count). The maximum atomic E-state index is 11.9. The Labute approximate surface area is 132 Å². The van der Waals surface area contributed by atoms with Gasteiger partial charge >= 0.3 is 12.2 Å². The molecular formula is C12H11F3N6O3. The first-order valence-corrected chi connectivity index (χ1v) is 6.44. The van der Waals surface area contributed by atoms with Gasteiger partial charge in [-0.15, -0.1) is 5.10 Å². The quantitative estimate of drug-likeness (QED) is 0.814. The molecule has 0 bridgehead atoms. The zero-order valence-electron chi connectivity index (χ0n) is 11.9. The van der Waals surface area contributed by atoms with Crippen molar-refractivity contribution in [3.63, 3.8) is 0 Å². The maximum absolute atomic E-state index is 11.9. The van der Waals surface area contributed by atoms with Gasteiger partial charge in [0.2, 0.25) is 0 Å². The van der Waals surface area contributed by atoms with E-state index in [-0.39, 0.29) is 5.75 Å². The van der Waals surface area contributed by atoms with Gasteiger partial charge < -0.3 is 10.1 Å². The third-order valence-corrected chi connectivity index (χ3v) is 2.50. The first-order chi connectivity index (χ1) is 11.3. The molecule has 3 amide bonds. The molecule has 0 saturated carbocycles. The average Bonchev–Trinajstić information content (AvgIpc) is 3.05. The monoisotopic (exact) mass is 344 g/mol. The highest BCUT2D eigenvalue weighted by Crippen LogP contribution is 2.15. The summed E-state index contributed by atoms with van der Waals surface area (Å²) >= 11 is 0. The van der Waals surface area contributed by atoms with E-state index in [4.69, 9.17) is 4.74 Å². The summed E-state index contributed by atoms with van der Waals surface area (Å²) in [6.07, 6.45) is -3.20. The predicted octanol–water partition coefficient (Wildman–Crippen LogP) is 0.429. The molecule has 0 unspecified atom stereocenters. The Morgan fingerprint density at radius 3 is 2.75 bits per heavy atom. The Bertz CT molecular complexity index is 704. The molecule has 0 saturated heterocycles. The molecule has 0 aliphatic rings. The summed E-state index contributed by atoms with van der Waals surface area (Å²) in [4.78, 5) is 22.5. The van der Waals surface area contributed by atoms with Gasteiger partial charge in [0, 0.05) is 6.07 Å². The number of hydrogen-bond donors (Lipinski definition) is 2. The van der Waals surface area contributed by atoms with Crippen LogP contribution in [0.2, 0.25) is 0 Å². The largest absolute Gasteiger partial charge is 0.484 e. The second kappa shape index (κ2) is 7.39. The van der Waals surface area contributed by atoms with E-state index in [1.54, 1.807) is 23.5 Å². The van der Waals surface area contributed by atoms with E-state index in [1.165, 1.54) is 22.4 Å². The number of carbonyl (C=O) groups is 2. The van der Waals surface area contributed by atoms with E-state index in [1.807, 2.05) is 0 Å². The van der Waals surface area contributed by atoms with Crippen molar-refractivity contribution in [2.75, 3.05) is 13.2 Å². The van der Waals surface area contributed by atoms with Crippen molar-refractivity contribution >= 4 is 11.9 Å². The Kier molecular flexibility index (Phi) is 5.29. The van der Waals surface area contributed by atoms with Crippen molar-refractivity contribution in [3.05, 3.63) is 30.6 Å². The lowest BCUT2D eigenvalue weighted by Crippen LogP contribution is -2.44. The van der Waals surface area contributed by atoms with E-state index < -0.39 is 31.3 Å². The van der Waals surface area contributed by atoms with Crippen LogP contribution in [0.3, 0.4) is 0 Å². The average molecular weight is 344 g/mol. The molecule has 2 aromatic rings. The molecule has 12 heteroatoms. The van der Waals surface area contributed by atoms with Crippen molar-refractivity contribution in [1.29, 1.82) is 0 Å². The highest BCUT2D eigenvalue weighted by molar-refractivity contribution is 5.95. The minimum atomic E-state index is -4.56. The molecule has 0 aliphatic heterocycles. The molecular weight excluding hydrogens is 333 g/mol. The number of alkyl halides is 3. The number of amides is 3. The zero-order chi connectivity index (χ0) is 17.6. The number of urea groups is 1. The fraction of sp³-hybridized carbons (Fsp3) is 0.250. The molecule has 0 spiro atoms. The highest BCUT2D eigenvalue weighted by Gasteiger charge is 2.27. The van der Waals surface area contributed by atoms with Crippen LogP contribution in [0.1, 0.15) is 0 Å². The molecule has 24 heavy (non-hydrogen) atoms. The van der Waals surface area contributed by atoms with Gasteiger partial charge in [-0.05, 0) is 22.6 Å². The summed E-state index contributed by atoms with van der Waals surface area (Å²) < 4.78 is 42.2. The predicted molar refractivity (Wildman–Crippen MR) is 72.2 cm³/mol. The zero-order valence-corrected chi connectivity index (χ0v) is 11.9. The maximum Gasteiger partial charge on any atom is 0.405 e. The molecule has 0 aliphatic carbocycles. The van der Waals surface area contributed by atoms with Gasteiger partial charge in [-0.25, -0.2) is 9.48 Å². The van der Waals surface area contributed by atoms with Crippen LogP contribution in [0.25, 0.3) is 5.69 Å². The van der Waals surface area contributed by atoms with Gasteiger partial charge in [0.1, 0.15) is 18.6 Å². The van der Waals surface area contributed by atoms with Gasteiger partial charge in [0.05, 0.1) is 5.69 Å². The number of hydrogen-bond acceptors (Lipinski definition) is 6. The Balaban J connectivity index is 1.82. The van der Waals surface area contributed by atoms with Gasteiger partial charge in [0.15, 0.2) is 6.61 Å². The number of tetrazole rings is 1. The van der Waals surface area contributed by atoms with Gasteiger partial charge in [-0.3, -0.25) is 10.1 Å². The number of nitrogens with zero attached hydrogens (tertiary/aromatic N) is 4. The van der Waals surface area contributed by atoms with Crippen LogP contribution in [0.15, 0.2) is 30.6 Å². The molecule has 1 aromatic heterocycles. The third-order valence-electron chi connectivity index (χ3n) is 2.50. The topological polar surface area (TPSA) is 111 Å². The van der Waals surface area contributed by atoms with Crippen LogP contribution in [0, 0.1) is 0 Å². The summed E-state index contributed by atoms with van der Waals surface area (Å²) in [5.74, 6) is -0.614. The third kappa shape index (κ3) is 5.55. The minimum absolute atomic E-state index is 0.286. The summed E-state index contributed by atoms with van der Waals surface area (Å²) in [6, 6.07) is 5.13. The SMILES string of the molecule is O=C(COc1cccc(-n2cnnn2)c1)NC(=O)NCC(F)(F)F. The van der Waals surface area contributed by atoms with E-state index in [2.05, 4.69) is 15.5 Å². The van der Waals surface area contributed by atoms with Gasteiger partial charge in [-0.1, -0.05) is 6.07 Å². The number of imide groups is 1. The van der Waals surface area contributed by atoms with E-state index >= 15 is 0 Å². The molecule has 128 valence electrons. The minimum Gasteiger partial charge on any atom is -0.484 e. The molecule has 1 heterocycles. The van der Waals surface area contributed by atoms with Crippen molar-refractivity contribution in [1.82, 2.24) is 30.8 Å². The molecule has 0 radical (unpaired) electrons. The number of ether oxygens (including phenoxy) is 1. The highest BCUT2D eigenvalue weighted by atomic mass is 19.4. The Morgan fingerprint density at radius 2 is 2.08 bits per heavy atom. The molecule has 1 aromatic carbocycles. The lowest BCUT2D eigenvalue weighted by Gasteiger charge is -2.10. The fourth-order valence-electron chi connectivity index (χ4n) is 1.53. The second-order valence-electron chi connectivity index (χ2n) is 4.39. The number of aromatic nitrogens is 4. The van der Waals surface area contributed by atoms with Crippen molar-refractivity contribution in [3.8, 4) is 11.4 Å². The number of benzene rings is 1. The summed E-state index contributed by atoms with van der Waals surface area (Å²) in [7, 11) is 0. The number of carbonyl (C=O) groups excluding carboxylic acids is 2. The van der Waals surface area contributed by atoms with Crippen LogP contribution < -0.4 is 15.4 Å². The Hall–Kier alpha value is -3.18. The standard InChI is InChI=1S/C12H11F3N6O3/c13-12(14,15)6-16-11(23)18-10(22)5-24-9-3-1-2-8(4-9)21-7-17-19-20-21/h1-4,7H,5-6H2,(H2,16,18,22,23). The van der Waals surface area contributed by atoms with Crippen LogP contribution in [-0.4, -0.2) is 51.5 Å². The molecule has 0 fully saturated rings. The van der Waals surface area contributed by atoms with Gasteiger partial charge in [0.25, 0.3) is 5.91 Å². The molecule has 2 N–H and O–H groups in total. The first kappa shape index (κ1) is 17.2. The van der Waals surface area contributed by atoms with Crippen LogP contribution in [0.4, 0.5) is 18.0 Å². The summed E-state index contributed by atoms with van der Waals surface area (Å²) in [5.41, 5.74) is 0.570. The first-order valence-electron chi connectivity index (χ1n) is 6.44. The van der Waals surface area contributed by atoms with E-state index in [0.717, 1.165) is 0 Å². The van der Waals surface area contributed by atoms with E-state index in [9.17, 15) is 22.8 Å². The summed E-state index contributed by atoms with van der Waals surface area (Å²) in [5, 5.41) is 13.8. The molecule has 9 nitrogen and oxygen atoms in total. The van der Waals surface area contributed by atoms with E-state index in [0.29, 0.717) is 5.69 Å².